The van der Waals surface area contributed by atoms with E-state index in [9.17, 15) is 13.2 Å². The molecule has 1 aromatic carbocycles. The highest BCUT2D eigenvalue weighted by molar-refractivity contribution is 7.89. The molecule has 1 atom stereocenters. The van der Waals surface area contributed by atoms with Crippen LogP contribution in [0.2, 0.25) is 0 Å². The molecule has 1 heterocycles. The Bertz CT molecular complexity index is 634. The van der Waals surface area contributed by atoms with Gasteiger partial charge in [0.15, 0.2) is 0 Å². The summed E-state index contributed by atoms with van der Waals surface area (Å²) >= 11 is 0. The zero-order valence-electron chi connectivity index (χ0n) is 10.1. The van der Waals surface area contributed by atoms with Crippen molar-refractivity contribution in [2.45, 2.75) is 23.8 Å². The first-order valence-electron chi connectivity index (χ1n) is 5.80. The molecule has 0 spiro atoms. The molecule has 1 aliphatic heterocycles. The first-order chi connectivity index (χ1) is 9.01. The van der Waals surface area contributed by atoms with Crippen LogP contribution in [0.5, 0.6) is 0 Å². The van der Waals surface area contributed by atoms with Crippen LogP contribution < -0.4 is 10.0 Å². The van der Waals surface area contributed by atoms with Crippen LogP contribution in [-0.4, -0.2) is 26.9 Å². The Hall–Kier alpha value is -1.91. The number of carbonyl (C=O) groups excluding carboxylic acids is 1. The fourth-order valence-corrected chi connectivity index (χ4v) is 2.98. The number of carbonyl (C=O) groups is 1. The predicted molar refractivity (Wildman–Crippen MR) is 67.5 cm³/mol. The quantitative estimate of drug-likeness (QED) is 0.817. The Balaban J connectivity index is 2.06. The molecule has 100 valence electrons. The third kappa shape index (κ3) is 3.30. The summed E-state index contributed by atoms with van der Waals surface area (Å²) < 4.78 is 26.4. The molecule has 0 radical (unpaired) electrons. The largest absolute Gasteiger partial charge is 0.352 e. The molecule has 1 unspecified atom stereocenters. The maximum Gasteiger partial charge on any atom is 0.240 e. The van der Waals surface area contributed by atoms with Crippen LogP contribution >= 0.6 is 0 Å². The molecule has 7 heteroatoms. The lowest BCUT2D eigenvalue weighted by atomic mass is 10.2. The van der Waals surface area contributed by atoms with E-state index in [1.807, 2.05) is 6.07 Å². The first-order valence-corrected chi connectivity index (χ1v) is 7.29. The molecule has 1 aliphatic rings. The number of rotatable bonds is 4. The third-order valence-electron chi connectivity index (χ3n) is 2.88. The van der Waals surface area contributed by atoms with Crippen LogP contribution in [0.3, 0.4) is 0 Å². The van der Waals surface area contributed by atoms with Crippen molar-refractivity contribution in [2.24, 2.45) is 0 Å². The maximum absolute atomic E-state index is 12.0. The monoisotopic (exact) mass is 279 g/mol. The van der Waals surface area contributed by atoms with E-state index in [1.165, 1.54) is 24.3 Å². The Morgan fingerprint density at radius 2 is 2.26 bits per heavy atom. The summed E-state index contributed by atoms with van der Waals surface area (Å²) in [7, 11) is -3.65. The van der Waals surface area contributed by atoms with Crippen molar-refractivity contribution in [3.05, 3.63) is 29.8 Å². The highest BCUT2D eigenvalue weighted by Gasteiger charge is 2.23. The van der Waals surface area contributed by atoms with Crippen LogP contribution in [0, 0.1) is 11.3 Å². The zero-order valence-corrected chi connectivity index (χ0v) is 10.9. The van der Waals surface area contributed by atoms with Gasteiger partial charge in [0.05, 0.1) is 16.5 Å². The van der Waals surface area contributed by atoms with Gasteiger partial charge in [-0.2, -0.15) is 5.26 Å². The summed E-state index contributed by atoms with van der Waals surface area (Å²) in [6.45, 7) is 0.158. The average Bonchev–Trinajstić information content (AvgIpc) is 2.82. The van der Waals surface area contributed by atoms with Crippen LogP contribution in [0.25, 0.3) is 0 Å². The summed E-state index contributed by atoms with van der Waals surface area (Å²) in [6, 6.07) is 7.53. The van der Waals surface area contributed by atoms with Crippen molar-refractivity contribution in [3.63, 3.8) is 0 Å². The molecular weight excluding hydrogens is 266 g/mol. The number of sulfonamides is 1. The number of hydrogen-bond donors (Lipinski definition) is 2. The molecule has 6 nitrogen and oxygen atoms in total. The lowest BCUT2D eigenvalue weighted by molar-refractivity contribution is -0.119. The van der Waals surface area contributed by atoms with Crippen LogP contribution in [0.15, 0.2) is 29.2 Å². The Kier molecular flexibility index (Phi) is 3.83. The number of nitrogens with zero attached hydrogens (tertiary/aromatic N) is 1. The Morgan fingerprint density at radius 3 is 2.89 bits per heavy atom. The van der Waals surface area contributed by atoms with Gasteiger partial charge in [-0.05, 0) is 24.6 Å². The lowest BCUT2D eigenvalue weighted by Gasteiger charge is -2.11. The van der Waals surface area contributed by atoms with E-state index in [1.54, 1.807) is 0 Å². The van der Waals surface area contributed by atoms with Gasteiger partial charge in [-0.15, -0.1) is 0 Å². The normalized spacial score (nSPS) is 18.9. The molecule has 1 aromatic rings. The molecule has 1 fully saturated rings. The smallest absolute Gasteiger partial charge is 0.240 e. The SMILES string of the molecule is N#Cc1cccc(S(=O)(=O)NCC2CCC(=O)N2)c1. The van der Waals surface area contributed by atoms with Gasteiger partial charge in [0.25, 0.3) is 0 Å². The van der Waals surface area contributed by atoms with Gasteiger partial charge in [-0.3, -0.25) is 4.79 Å². The van der Waals surface area contributed by atoms with Crippen molar-refractivity contribution in [1.82, 2.24) is 10.0 Å². The van der Waals surface area contributed by atoms with E-state index in [0.29, 0.717) is 12.8 Å². The highest BCUT2D eigenvalue weighted by Crippen LogP contribution is 2.12. The third-order valence-corrected chi connectivity index (χ3v) is 4.30. The van der Waals surface area contributed by atoms with Gasteiger partial charge in [0, 0.05) is 19.0 Å². The summed E-state index contributed by atoms with van der Waals surface area (Å²) in [4.78, 5) is 11.1. The number of hydrogen-bond acceptors (Lipinski definition) is 4. The second kappa shape index (κ2) is 5.38. The molecular formula is C12H13N3O3S. The number of amides is 1. The number of nitriles is 1. The molecule has 1 amide bonds. The first kappa shape index (κ1) is 13.5. The van der Waals surface area contributed by atoms with Gasteiger partial charge in [0.1, 0.15) is 0 Å². The van der Waals surface area contributed by atoms with Crippen molar-refractivity contribution < 1.29 is 13.2 Å². The second-order valence-corrected chi connectivity index (χ2v) is 6.06. The van der Waals surface area contributed by atoms with Gasteiger partial charge in [-0.25, -0.2) is 13.1 Å². The van der Waals surface area contributed by atoms with Gasteiger partial charge < -0.3 is 5.32 Å². The number of nitrogens with one attached hydrogen (secondary N) is 2. The van der Waals surface area contributed by atoms with Crippen LogP contribution in [-0.2, 0) is 14.8 Å². The summed E-state index contributed by atoms with van der Waals surface area (Å²) in [5.74, 6) is -0.0596. The van der Waals surface area contributed by atoms with E-state index in [2.05, 4.69) is 10.0 Å². The minimum absolute atomic E-state index is 0.0517. The van der Waals surface area contributed by atoms with E-state index < -0.39 is 10.0 Å². The van der Waals surface area contributed by atoms with Gasteiger partial charge in [-0.1, -0.05) is 6.07 Å². The van der Waals surface area contributed by atoms with Crippen molar-refractivity contribution in [2.75, 3.05) is 6.54 Å². The number of benzene rings is 1. The molecule has 0 saturated carbocycles. The molecule has 2 rings (SSSR count). The summed E-state index contributed by atoms with van der Waals surface area (Å²) in [5, 5.41) is 11.4. The standard InChI is InChI=1S/C12H13N3O3S/c13-7-9-2-1-3-11(6-9)19(17,18)14-8-10-4-5-12(16)15-10/h1-3,6,10,14H,4-5,8H2,(H,15,16). The summed E-state index contributed by atoms with van der Waals surface area (Å²) in [5.41, 5.74) is 0.289. The predicted octanol–water partition coefficient (Wildman–Crippen LogP) is 0.115. The van der Waals surface area contributed by atoms with E-state index in [-0.39, 0.29) is 29.0 Å². The van der Waals surface area contributed by atoms with Gasteiger partial charge in [0.2, 0.25) is 15.9 Å². The molecule has 0 aromatic heterocycles. The zero-order chi connectivity index (χ0) is 13.9. The Morgan fingerprint density at radius 1 is 1.47 bits per heavy atom. The van der Waals surface area contributed by atoms with Crippen LogP contribution in [0.1, 0.15) is 18.4 Å². The van der Waals surface area contributed by atoms with E-state index >= 15 is 0 Å². The molecule has 0 bridgehead atoms. The average molecular weight is 279 g/mol. The van der Waals surface area contributed by atoms with E-state index in [0.717, 1.165) is 0 Å². The van der Waals surface area contributed by atoms with Crippen molar-refractivity contribution >= 4 is 15.9 Å². The molecule has 1 saturated heterocycles. The van der Waals surface area contributed by atoms with Crippen molar-refractivity contribution in [1.29, 1.82) is 5.26 Å². The Labute approximate surface area is 111 Å². The fourth-order valence-electron chi connectivity index (χ4n) is 1.86. The minimum Gasteiger partial charge on any atom is -0.352 e. The highest BCUT2D eigenvalue weighted by atomic mass is 32.2. The minimum atomic E-state index is -3.65. The topological polar surface area (TPSA) is 99.1 Å². The fraction of sp³-hybridized carbons (Fsp3) is 0.333. The van der Waals surface area contributed by atoms with Crippen molar-refractivity contribution in [3.8, 4) is 6.07 Å². The molecule has 0 aliphatic carbocycles. The molecule has 2 N–H and O–H groups in total. The van der Waals surface area contributed by atoms with Crippen LogP contribution in [0.4, 0.5) is 0 Å². The lowest BCUT2D eigenvalue weighted by Crippen LogP contribution is -2.38. The summed E-state index contributed by atoms with van der Waals surface area (Å²) in [6.07, 6.45) is 1.05. The molecule has 19 heavy (non-hydrogen) atoms. The second-order valence-electron chi connectivity index (χ2n) is 4.29. The van der Waals surface area contributed by atoms with Gasteiger partial charge >= 0.3 is 0 Å². The maximum atomic E-state index is 12.0. The van der Waals surface area contributed by atoms with E-state index in [4.69, 9.17) is 5.26 Å².